The quantitative estimate of drug-likeness (QED) is 0.632. The van der Waals surface area contributed by atoms with Crippen LogP contribution in [0.2, 0.25) is 0 Å². The van der Waals surface area contributed by atoms with Crippen molar-refractivity contribution in [1.82, 2.24) is 8.61 Å². The number of hydrogen-bond donors (Lipinski definition) is 0. The van der Waals surface area contributed by atoms with E-state index < -0.39 is 22.2 Å². The van der Waals surface area contributed by atoms with Gasteiger partial charge in [-0.2, -0.15) is 17.0 Å². The molecular weight excluding hydrogens is 260 g/mol. The molecule has 18 heavy (non-hydrogen) atoms. The number of hydrogen-bond acceptors (Lipinski definition) is 5. The Morgan fingerprint density at radius 2 is 1.94 bits per heavy atom. The molecule has 0 aromatic heterocycles. The van der Waals surface area contributed by atoms with Gasteiger partial charge in [-0.3, -0.25) is 4.79 Å². The molecule has 2 aliphatic heterocycles. The number of morpholine rings is 1. The van der Waals surface area contributed by atoms with Crippen LogP contribution >= 0.6 is 0 Å². The highest BCUT2D eigenvalue weighted by atomic mass is 32.2. The van der Waals surface area contributed by atoms with Gasteiger partial charge in [0.1, 0.15) is 6.04 Å². The minimum Gasteiger partial charge on any atom is -0.468 e. The SMILES string of the molecule is COC(=O)C1CCCN1S(=O)(=O)N1CCOCC1. The minimum atomic E-state index is -3.58. The van der Waals surface area contributed by atoms with Crippen LogP contribution in [0.3, 0.4) is 0 Å². The zero-order valence-electron chi connectivity index (χ0n) is 10.4. The largest absolute Gasteiger partial charge is 0.468 e. The Morgan fingerprint density at radius 1 is 1.28 bits per heavy atom. The molecule has 2 fully saturated rings. The molecule has 8 heteroatoms. The van der Waals surface area contributed by atoms with Crippen LogP contribution < -0.4 is 0 Å². The maximum absolute atomic E-state index is 12.4. The third-order valence-electron chi connectivity index (χ3n) is 3.27. The third kappa shape index (κ3) is 2.51. The van der Waals surface area contributed by atoms with Crippen LogP contribution in [0.1, 0.15) is 12.8 Å². The summed E-state index contributed by atoms with van der Waals surface area (Å²) in [6.45, 7) is 1.85. The van der Waals surface area contributed by atoms with Crippen LogP contribution in [0.4, 0.5) is 0 Å². The average Bonchev–Trinajstić information content (AvgIpc) is 2.89. The van der Waals surface area contributed by atoms with Crippen molar-refractivity contribution in [3.8, 4) is 0 Å². The summed E-state index contributed by atoms with van der Waals surface area (Å²) >= 11 is 0. The van der Waals surface area contributed by atoms with E-state index in [0.29, 0.717) is 45.7 Å². The summed E-state index contributed by atoms with van der Waals surface area (Å²) in [6, 6.07) is -0.678. The first-order valence-electron chi connectivity index (χ1n) is 6.00. The van der Waals surface area contributed by atoms with Gasteiger partial charge in [-0.25, -0.2) is 0 Å². The van der Waals surface area contributed by atoms with Gasteiger partial charge in [0.15, 0.2) is 0 Å². The minimum absolute atomic E-state index is 0.340. The van der Waals surface area contributed by atoms with Crippen molar-refractivity contribution in [2.45, 2.75) is 18.9 Å². The van der Waals surface area contributed by atoms with E-state index in [0.717, 1.165) is 0 Å². The lowest BCUT2D eigenvalue weighted by Gasteiger charge is -2.32. The molecular formula is C10H18N2O5S. The highest BCUT2D eigenvalue weighted by Crippen LogP contribution is 2.24. The number of methoxy groups -OCH3 is 1. The zero-order valence-corrected chi connectivity index (χ0v) is 11.2. The molecule has 1 atom stereocenters. The Labute approximate surface area is 107 Å². The van der Waals surface area contributed by atoms with E-state index in [1.165, 1.54) is 15.7 Å². The molecule has 104 valence electrons. The number of carbonyl (C=O) groups is 1. The van der Waals surface area contributed by atoms with Gasteiger partial charge in [0.25, 0.3) is 10.2 Å². The monoisotopic (exact) mass is 278 g/mol. The second-order valence-corrected chi connectivity index (χ2v) is 6.19. The average molecular weight is 278 g/mol. The fraction of sp³-hybridized carbons (Fsp3) is 0.900. The van der Waals surface area contributed by atoms with Crippen LogP contribution in [0.5, 0.6) is 0 Å². The van der Waals surface area contributed by atoms with Crippen LogP contribution in [-0.2, 0) is 24.5 Å². The molecule has 0 aromatic carbocycles. The fourth-order valence-corrected chi connectivity index (χ4v) is 4.09. The summed E-state index contributed by atoms with van der Waals surface area (Å²) in [5.74, 6) is -0.482. The molecule has 7 nitrogen and oxygen atoms in total. The summed E-state index contributed by atoms with van der Waals surface area (Å²) in [5, 5.41) is 0. The van der Waals surface area contributed by atoms with E-state index in [1.807, 2.05) is 0 Å². The predicted molar refractivity (Wildman–Crippen MR) is 63.1 cm³/mol. The summed E-state index contributed by atoms with van der Waals surface area (Å²) < 4.78 is 37.2. The van der Waals surface area contributed by atoms with Gasteiger partial charge >= 0.3 is 5.97 Å². The van der Waals surface area contributed by atoms with Crippen LogP contribution in [0, 0.1) is 0 Å². The fourth-order valence-electron chi connectivity index (χ4n) is 2.31. The molecule has 0 spiro atoms. The number of esters is 1. The van der Waals surface area contributed by atoms with Crippen molar-refractivity contribution in [3.63, 3.8) is 0 Å². The van der Waals surface area contributed by atoms with Crippen molar-refractivity contribution >= 4 is 16.2 Å². The predicted octanol–water partition coefficient (Wildman–Crippen LogP) is -0.799. The molecule has 0 aliphatic carbocycles. The first kappa shape index (κ1) is 13.7. The molecule has 2 rings (SSSR count). The topological polar surface area (TPSA) is 76.2 Å². The summed E-state index contributed by atoms with van der Waals surface area (Å²) in [6.07, 6.45) is 1.21. The van der Waals surface area contributed by atoms with Crippen molar-refractivity contribution in [3.05, 3.63) is 0 Å². The number of nitrogens with zero attached hydrogens (tertiary/aromatic N) is 2. The van der Waals surface area contributed by atoms with Crippen molar-refractivity contribution in [2.24, 2.45) is 0 Å². The van der Waals surface area contributed by atoms with Gasteiger partial charge in [0.2, 0.25) is 0 Å². The highest BCUT2D eigenvalue weighted by Gasteiger charge is 2.42. The second-order valence-electron chi connectivity index (χ2n) is 4.31. The van der Waals surface area contributed by atoms with E-state index in [2.05, 4.69) is 4.74 Å². The lowest BCUT2D eigenvalue weighted by molar-refractivity contribution is -0.144. The molecule has 0 saturated carbocycles. The number of carbonyl (C=O) groups excluding carboxylic acids is 1. The third-order valence-corrected chi connectivity index (χ3v) is 5.32. The summed E-state index contributed by atoms with van der Waals surface area (Å²) in [4.78, 5) is 11.6. The van der Waals surface area contributed by atoms with E-state index in [4.69, 9.17) is 4.74 Å². The summed E-state index contributed by atoms with van der Waals surface area (Å²) in [5.41, 5.74) is 0. The molecule has 0 aromatic rings. The molecule has 0 amide bonds. The Morgan fingerprint density at radius 3 is 2.56 bits per heavy atom. The Bertz CT molecular complexity index is 404. The Kier molecular flexibility index (Phi) is 4.21. The standard InChI is InChI=1S/C10H18N2O5S/c1-16-10(13)9-3-2-4-12(9)18(14,15)11-5-7-17-8-6-11/h9H,2-8H2,1H3. The van der Waals surface area contributed by atoms with Gasteiger partial charge < -0.3 is 9.47 Å². The molecule has 2 heterocycles. The first-order valence-corrected chi connectivity index (χ1v) is 7.39. The van der Waals surface area contributed by atoms with Crippen molar-refractivity contribution in [1.29, 1.82) is 0 Å². The molecule has 0 N–H and O–H groups in total. The lowest BCUT2D eigenvalue weighted by Crippen LogP contribution is -2.51. The zero-order chi connectivity index (χ0) is 13.2. The van der Waals surface area contributed by atoms with E-state index in [-0.39, 0.29) is 0 Å². The van der Waals surface area contributed by atoms with Gasteiger partial charge in [0, 0.05) is 19.6 Å². The maximum atomic E-state index is 12.4. The van der Waals surface area contributed by atoms with Crippen molar-refractivity contribution in [2.75, 3.05) is 40.0 Å². The molecule has 1 unspecified atom stereocenters. The molecule has 2 saturated heterocycles. The molecule has 2 aliphatic rings. The lowest BCUT2D eigenvalue weighted by atomic mass is 10.2. The molecule has 0 bridgehead atoms. The normalized spacial score (nSPS) is 27.3. The van der Waals surface area contributed by atoms with Crippen LogP contribution in [0.25, 0.3) is 0 Å². The van der Waals surface area contributed by atoms with Crippen LogP contribution in [0.15, 0.2) is 0 Å². The summed E-state index contributed by atoms with van der Waals surface area (Å²) in [7, 11) is -2.30. The van der Waals surface area contributed by atoms with Gasteiger partial charge in [-0.05, 0) is 12.8 Å². The Balaban J connectivity index is 2.15. The van der Waals surface area contributed by atoms with E-state index in [9.17, 15) is 13.2 Å². The Hall–Kier alpha value is -0.700. The second kappa shape index (κ2) is 5.52. The van der Waals surface area contributed by atoms with E-state index in [1.54, 1.807) is 0 Å². The number of ether oxygens (including phenoxy) is 2. The van der Waals surface area contributed by atoms with E-state index >= 15 is 0 Å². The van der Waals surface area contributed by atoms with Crippen LogP contribution in [-0.4, -0.2) is 69.0 Å². The first-order chi connectivity index (χ1) is 8.57. The maximum Gasteiger partial charge on any atom is 0.324 e. The smallest absolute Gasteiger partial charge is 0.324 e. The van der Waals surface area contributed by atoms with Gasteiger partial charge in [-0.1, -0.05) is 0 Å². The van der Waals surface area contributed by atoms with Gasteiger partial charge in [0.05, 0.1) is 20.3 Å². The molecule has 0 radical (unpaired) electrons. The van der Waals surface area contributed by atoms with Crippen molar-refractivity contribution < 1.29 is 22.7 Å². The highest BCUT2D eigenvalue weighted by molar-refractivity contribution is 7.86. The van der Waals surface area contributed by atoms with Gasteiger partial charge in [-0.15, -0.1) is 0 Å². The number of rotatable bonds is 3.